The molecule has 0 aliphatic carbocycles. The summed E-state index contributed by atoms with van der Waals surface area (Å²) in [5, 5.41) is 3.62. The predicted octanol–water partition coefficient (Wildman–Crippen LogP) is 3.52. The number of benzene rings is 2. The zero-order valence-corrected chi connectivity index (χ0v) is 15.7. The van der Waals surface area contributed by atoms with Crippen LogP contribution in [-0.2, 0) is 21.2 Å². The molecule has 2 rings (SSSR count). The average Bonchev–Trinajstić information content (AvgIpc) is 2.53. The molecule has 0 bridgehead atoms. The van der Waals surface area contributed by atoms with Gasteiger partial charge in [0, 0.05) is 17.1 Å². The molecule has 5 nitrogen and oxygen atoms in total. The lowest BCUT2D eigenvalue weighted by Gasteiger charge is -2.15. The number of rotatable bonds is 7. The van der Waals surface area contributed by atoms with E-state index >= 15 is 0 Å². The van der Waals surface area contributed by atoms with Gasteiger partial charge in [-0.25, -0.2) is 8.42 Å². The molecule has 2 aromatic rings. The van der Waals surface area contributed by atoms with Crippen LogP contribution in [0.1, 0.15) is 30.5 Å². The van der Waals surface area contributed by atoms with E-state index in [1.165, 1.54) is 0 Å². The summed E-state index contributed by atoms with van der Waals surface area (Å²) in [4.78, 5) is 12.1. The molecular formula is C18H21ClN2O3S. The first-order valence-electron chi connectivity index (χ1n) is 7.84. The standard InChI is InChI=1S/C18H21ClN2O3S/c1-13(15-6-10-17(11-7-15)21-25(2,23)24)20-18(22)12-5-14-3-8-16(19)9-4-14/h3-4,6-11,13,21H,5,12H2,1-2H3,(H,20,22)/t13-/m1/s1. The number of carbonyl (C=O) groups is 1. The Kier molecular flexibility index (Phi) is 6.45. The highest BCUT2D eigenvalue weighted by molar-refractivity contribution is 7.92. The van der Waals surface area contributed by atoms with Crippen molar-refractivity contribution < 1.29 is 13.2 Å². The predicted molar refractivity (Wildman–Crippen MR) is 101 cm³/mol. The maximum absolute atomic E-state index is 12.1. The molecule has 0 saturated heterocycles. The fraction of sp³-hybridized carbons (Fsp3) is 0.278. The van der Waals surface area contributed by atoms with Gasteiger partial charge in [-0.2, -0.15) is 0 Å². The molecule has 0 aliphatic rings. The Labute approximate surface area is 153 Å². The highest BCUT2D eigenvalue weighted by Gasteiger charge is 2.10. The first-order chi connectivity index (χ1) is 11.7. The molecule has 25 heavy (non-hydrogen) atoms. The van der Waals surface area contributed by atoms with Crippen LogP contribution in [0.15, 0.2) is 48.5 Å². The number of hydrogen-bond acceptors (Lipinski definition) is 3. The van der Waals surface area contributed by atoms with Gasteiger partial charge in [-0.05, 0) is 48.7 Å². The Bertz CT molecular complexity index is 818. The molecule has 1 amide bonds. The summed E-state index contributed by atoms with van der Waals surface area (Å²) in [7, 11) is -3.29. The SMILES string of the molecule is C[C@@H](NC(=O)CCc1ccc(Cl)cc1)c1ccc(NS(C)(=O)=O)cc1. The van der Waals surface area contributed by atoms with Crippen LogP contribution >= 0.6 is 11.6 Å². The van der Waals surface area contributed by atoms with Crippen LogP contribution < -0.4 is 10.0 Å². The Morgan fingerprint density at radius 3 is 2.24 bits per heavy atom. The van der Waals surface area contributed by atoms with Crippen LogP contribution in [0.2, 0.25) is 5.02 Å². The van der Waals surface area contributed by atoms with Crippen LogP contribution in [-0.4, -0.2) is 20.6 Å². The number of sulfonamides is 1. The zero-order chi connectivity index (χ0) is 18.4. The van der Waals surface area contributed by atoms with Gasteiger partial charge >= 0.3 is 0 Å². The summed E-state index contributed by atoms with van der Waals surface area (Å²) in [5.74, 6) is -0.0409. The van der Waals surface area contributed by atoms with Crippen molar-refractivity contribution >= 4 is 33.2 Å². The smallest absolute Gasteiger partial charge is 0.229 e. The molecule has 0 heterocycles. The maximum Gasteiger partial charge on any atom is 0.229 e. The monoisotopic (exact) mass is 380 g/mol. The number of aryl methyl sites for hydroxylation is 1. The molecule has 0 saturated carbocycles. The maximum atomic E-state index is 12.1. The van der Waals surface area contributed by atoms with Gasteiger partial charge < -0.3 is 5.32 Å². The number of hydrogen-bond donors (Lipinski definition) is 2. The molecule has 0 spiro atoms. The van der Waals surface area contributed by atoms with E-state index in [1.807, 2.05) is 31.2 Å². The highest BCUT2D eigenvalue weighted by Crippen LogP contribution is 2.17. The lowest BCUT2D eigenvalue weighted by atomic mass is 10.1. The molecule has 0 aromatic heterocycles. The first-order valence-corrected chi connectivity index (χ1v) is 10.1. The third-order valence-corrected chi connectivity index (χ3v) is 4.50. The number of halogens is 1. The van der Waals surface area contributed by atoms with Gasteiger partial charge in [0.25, 0.3) is 0 Å². The van der Waals surface area contributed by atoms with Gasteiger partial charge in [-0.15, -0.1) is 0 Å². The van der Waals surface area contributed by atoms with Gasteiger partial charge in [0.05, 0.1) is 12.3 Å². The van der Waals surface area contributed by atoms with Crippen molar-refractivity contribution in [3.05, 3.63) is 64.7 Å². The van der Waals surface area contributed by atoms with E-state index in [1.54, 1.807) is 24.3 Å². The lowest BCUT2D eigenvalue weighted by Crippen LogP contribution is -2.26. The quantitative estimate of drug-likeness (QED) is 0.771. The molecule has 2 aromatic carbocycles. The molecule has 0 aliphatic heterocycles. The largest absolute Gasteiger partial charge is 0.350 e. The van der Waals surface area contributed by atoms with Crippen molar-refractivity contribution in [2.75, 3.05) is 11.0 Å². The van der Waals surface area contributed by atoms with Gasteiger partial charge in [0.2, 0.25) is 15.9 Å². The van der Waals surface area contributed by atoms with Crippen molar-refractivity contribution in [1.29, 1.82) is 0 Å². The Hall–Kier alpha value is -2.05. The molecule has 0 radical (unpaired) electrons. The van der Waals surface area contributed by atoms with E-state index in [9.17, 15) is 13.2 Å². The fourth-order valence-corrected chi connectivity index (χ4v) is 3.05. The van der Waals surface area contributed by atoms with Gasteiger partial charge in [0.15, 0.2) is 0 Å². The zero-order valence-electron chi connectivity index (χ0n) is 14.1. The van der Waals surface area contributed by atoms with Gasteiger partial charge in [-0.1, -0.05) is 35.9 Å². The minimum Gasteiger partial charge on any atom is -0.350 e. The topological polar surface area (TPSA) is 75.3 Å². The number of carbonyl (C=O) groups excluding carboxylic acids is 1. The number of nitrogens with one attached hydrogen (secondary N) is 2. The van der Waals surface area contributed by atoms with E-state index in [4.69, 9.17) is 11.6 Å². The van der Waals surface area contributed by atoms with Crippen LogP contribution in [0.5, 0.6) is 0 Å². The minimum atomic E-state index is -3.29. The van der Waals surface area contributed by atoms with E-state index < -0.39 is 10.0 Å². The van der Waals surface area contributed by atoms with E-state index in [0.29, 0.717) is 23.6 Å². The normalized spacial score (nSPS) is 12.4. The fourth-order valence-electron chi connectivity index (χ4n) is 2.36. The highest BCUT2D eigenvalue weighted by atomic mass is 35.5. The third kappa shape index (κ3) is 6.76. The summed E-state index contributed by atoms with van der Waals surface area (Å²) in [6.45, 7) is 1.89. The van der Waals surface area contributed by atoms with E-state index in [-0.39, 0.29) is 11.9 Å². The van der Waals surface area contributed by atoms with Gasteiger partial charge in [0.1, 0.15) is 0 Å². The van der Waals surface area contributed by atoms with Gasteiger partial charge in [-0.3, -0.25) is 9.52 Å². The Balaban J connectivity index is 1.86. The second-order valence-corrected chi connectivity index (χ2v) is 8.10. The van der Waals surface area contributed by atoms with Crippen molar-refractivity contribution in [1.82, 2.24) is 5.32 Å². The van der Waals surface area contributed by atoms with Crippen molar-refractivity contribution in [2.45, 2.75) is 25.8 Å². The number of anilines is 1. The summed E-state index contributed by atoms with van der Waals surface area (Å²) in [5.41, 5.74) is 2.45. The summed E-state index contributed by atoms with van der Waals surface area (Å²) in [6.07, 6.45) is 2.14. The lowest BCUT2D eigenvalue weighted by molar-refractivity contribution is -0.121. The molecule has 2 N–H and O–H groups in total. The second-order valence-electron chi connectivity index (χ2n) is 5.91. The molecule has 0 fully saturated rings. The average molecular weight is 381 g/mol. The Morgan fingerprint density at radius 2 is 1.68 bits per heavy atom. The molecular weight excluding hydrogens is 360 g/mol. The molecule has 0 unspecified atom stereocenters. The van der Waals surface area contributed by atoms with Crippen LogP contribution in [0.3, 0.4) is 0 Å². The Morgan fingerprint density at radius 1 is 1.08 bits per heavy atom. The molecule has 7 heteroatoms. The van der Waals surface area contributed by atoms with Crippen molar-refractivity contribution in [3.8, 4) is 0 Å². The summed E-state index contributed by atoms with van der Waals surface area (Å²) in [6, 6.07) is 14.2. The van der Waals surface area contributed by atoms with Crippen LogP contribution in [0.25, 0.3) is 0 Å². The summed E-state index contributed by atoms with van der Waals surface area (Å²) >= 11 is 5.84. The third-order valence-electron chi connectivity index (χ3n) is 3.65. The minimum absolute atomic E-state index is 0.0409. The van der Waals surface area contributed by atoms with Crippen LogP contribution in [0.4, 0.5) is 5.69 Å². The second kappa shape index (κ2) is 8.36. The summed E-state index contributed by atoms with van der Waals surface area (Å²) < 4.78 is 24.8. The number of amides is 1. The van der Waals surface area contributed by atoms with E-state index in [2.05, 4.69) is 10.0 Å². The van der Waals surface area contributed by atoms with Crippen molar-refractivity contribution in [3.63, 3.8) is 0 Å². The molecule has 134 valence electrons. The first kappa shape index (κ1) is 19.3. The van der Waals surface area contributed by atoms with E-state index in [0.717, 1.165) is 17.4 Å². The molecule has 1 atom stereocenters. The van der Waals surface area contributed by atoms with Crippen molar-refractivity contribution in [2.24, 2.45) is 0 Å². The van der Waals surface area contributed by atoms with Crippen LogP contribution in [0, 0.1) is 0 Å².